The number of aromatic nitrogens is 2. The maximum absolute atomic E-state index is 11.9. The highest BCUT2D eigenvalue weighted by atomic mass is 16.5. The predicted octanol–water partition coefficient (Wildman–Crippen LogP) is 3.23. The summed E-state index contributed by atoms with van der Waals surface area (Å²) in [6, 6.07) is 0. The van der Waals surface area contributed by atoms with Crippen LogP contribution in [-0.4, -0.2) is 22.5 Å². The molecule has 5 heteroatoms. The fourth-order valence-corrected chi connectivity index (χ4v) is 2.91. The molecule has 0 radical (unpaired) electrons. The van der Waals surface area contributed by atoms with Crippen molar-refractivity contribution in [2.45, 2.75) is 59.3 Å². The largest absolute Gasteiger partial charge is 0.462 e. The van der Waals surface area contributed by atoms with E-state index in [2.05, 4.69) is 23.8 Å². The van der Waals surface area contributed by atoms with Crippen LogP contribution in [0.2, 0.25) is 0 Å². The quantitative estimate of drug-likeness (QED) is 0.865. The van der Waals surface area contributed by atoms with Gasteiger partial charge in [0.1, 0.15) is 17.2 Å². The fraction of sp³-hybridized carbons (Fsp3) is 0.688. The zero-order valence-electron chi connectivity index (χ0n) is 13.4. The summed E-state index contributed by atoms with van der Waals surface area (Å²) in [4.78, 5) is 20.8. The summed E-state index contributed by atoms with van der Waals surface area (Å²) in [5.74, 6) is 0.911. The maximum atomic E-state index is 11.9. The number of hydrogen-bond donors (Lipinski definition) is 1. The first-order valence-electron chi connectivity index (χ1n) is 7.65. The Morgan fingerprint density at radius 3 is 2.48 bits per heavy atom. The Balaban J connectivity index is 2.22. The van der Waals surface area contributed by atoms with Crippen LogP contribution in [0.25, 0.3) is 0 Å². The molecule has 0 unspecified atom stereocenters. The number of esters is 1. The van der Waals surface area contributed by atoms with E-state index in [1.807, 2.05) is 0 Å². The summed E-state index contributed by atoms with van der Waals surface area (Å²) in [5, 5.41) is 0. The summed E-state index contributed by atoms with van der Waals surface area (Å²) in [6.45, 7) is 8.47. The lowest BCUT2D eigenvalue weighted by Crippen LogP contribution is -2.22. The molecule has 2 rings (SSSR count). The van der Waals surface area contributed by atoms with E-state index in [9.17, 15) is 4.79 Å². The van der Waals surface area contributed by atoms with Gasteiger partial charge in [0, 0.05) is 5.92 Å². The minimum atomic E-state index is -0.441. The van der Waals surface area contributed by atoms with Gasteiger partial charge in [0.2, 0.25) is 0 Å². The average molecular weight is 291 g/mol. The number of rotatable bonds is 3. The normalized spacial score (nSPS) is 18.5. The average Bonchev–Trinajstić information content (AvgIpc) is 2.38. The first-order chi connectivity index (χ1) is 9.84. The van der Waals surface area contributed by atoms with Gasteiger partial charge in [0.25, 0.3) is 0 Å². The number of nitrogen functional groups attached to an aromatic ring is 1. The second-order valence-corrected chi connectivity index (χ2v) is 6.59. The number of nitrogens with two attached hydrogens (primary N) is 1. The van der Waals surface area contributed by atoms with Crippen molar-refractivity contribution in [2.75, 3.05) is 12.3 Å². The zero-order valence-corrected chi connectivity index (χ0v) is 13.4. The van der Waals surface area contributed by atoms with Gasteiger partial charge in [-0.25, -0.2) is 14.8 Å². The molecule has 1 saturated carbocycles. The van der Waals surface area contributed by atoms with Crippen molar-refractivity contribution < 1.29 is 9.53 Å². The minimum absolute atomic E-state index is 0.237. The number of nitrogens with zero attached hydrogens (tertiary/aromatic N) is 2. The third-order valence-corrected chi connectivity index (χ3v) is 4.32. The summed E-state index contributed by atoms with van der Waals surface area (Å²) < 4.78 is 5.00. The van der Waals surface area contributed by atoms with Gasteiger partial charge < -0.3 is 10.5 Å². The Kier molecular flexibility index (Phi) is 4.49. The van der Waals surface area contributed by atoms with Crippen LogP contribution in [0, 0.1) is 12.3 Å². The van der Waals surface area contributed by atoms with Gasteiger partial charge in [-0.3, -0.25) is 0 Å². The lowest BCUT2D eigenvalue weighted by Gasteiger charge is -2.33. The van der Waals surface area contributed by atoms with Crippen LogP contribution in [0.4, 0.5) is 5.82 Å². The first kappa shape index (κ1) is 15.7. The van der Waals surface area contributed by atoms with Crippen LogP contribution in [0.3, 0.4) is 0 Å². The Bertz CT molecular complexity index is 507. The molecule has 0 atom stereocenters. The minimum Gasteiger partial charge on any atom is -0.462 e. The van der Waals surface area contributed by atoms with Crippen molar-refractivity contribution >= 4 is 11.8 Å². The van der Waals surface area contributed by atoms with E-state index in [4.69, 9.17) is 10.5 Å². The molecule has 1 aromatic rings. The van der Waals surface area contributed by atoms with Crippen LogP contribution < -0.4 is 5.73 Å². The van der Waals surface area contributed by atoms with E-state index in [-0.39, 0.29) is 5.82 Å². The Morgan fingerprint density at radius 2 is 1.95 bits per heavy atom. The predicted molar refractivity (Wildman–Crippen MR) is 82.1 cm³/mol. The molecule has 5 nitrogen and oxygen atoms in total. The van der Waals surface area contributed by atoms with Crippen LogP contribution in [0.15, 0.2) is 0 Å². The summed E-state index contributed by atoms with van der Waals surface area (Å²) in [7, 11) is 0. The molecular formula is C16H25N3O2. The number of aryl methyl sites for hydroxylation is 1. The Hall–Kier alpha value is -1.65. The van der Waals surface area contributed by atoms with E-state index < -0.39 is 5.97 Å². The number of ether oxygens (including phenoxy) is 1. The van der Waals surface area contributed by atoms with Gasteiger partial charge in [0.15, 0.2) is 0 Å². The van der Waals surface area contributed by atoms with Crippen molar-refractivity contribution in [1.29, 1.82) is 0 Å². The molecule has 1 aliphatic rings. The van der Waals surface area contributed by atoms with Gasteiger partial charge >= 0.3 is 5.97 Å². The summed E-state index contributed by atoms with van der Waals surface area (Å²) >= 11 is 0. The highest BCUT2D eigenvalue weighted by molar-refractivity contribution is 5.95. The zero-order chi connectivity index (χ0) is 15.6. The van der Waals surface area contributed by atoms with E-state index in [0.29, 0.717) is 29.2 Å². The van der Waals surface area contributed by atoms with Gasteiger partial charge in [0.05, 0.1) is 12.3 Å². The lowest BCUT2D eigenvalue weighted by molar-refractivity contribution is 0.0525. The number of anilines is 1. The van der Waals surface area contributed by atoms with Gasteiger partial charge in [-0.05, 0) is 44.9 Å². The SMILES string of the molecule is CCOC(=O)c1c(C)nc(C2CCC(C)(C)CC2)nc1N. The Morgan fingerprint density at radius 1 is 1.33 bits per heavy atom. The van der Waals surface area contributed by atoms with E-state index in [1.165, 1.54) is 12.8 Å². The molecule has 0 saturated heterocycles. The number of hydrogen-bond acceptors (Lipinski definition) is 5. The van der Waals surface area contributed by atoms with Crippen LogP contribution in [0.1, 0.15) is 74.2 Å². The highest BCUT2D eigenvalue weighted by Crippen LogP contribution is 2.41. The molecule has 1 fully saturated rings. The topological polar surface area (TPSA) is 78.1 Å². The summed E-state index contributed by atoms with van der Waals surface area (Å²) in [5.41, 5.74) is 7.28. The van der Waals surface area contributed by atoms with Crippen LogP contribution >= 0.6 is 0 Å². The highest BCUT2D eigenvalue weighted by Gasteiger charge is 2.30. The third-order valence-electron chi connectivity index (χ3n) is 4.32. The van der Waals surface area contributed by atoms with Crippen molar-refractivity contribution in [3.8, 4) is 0 Å². The number of carbonyl (C=O) groups is 1. The van der Waals surface area contributed by atoms with Crippen molar-refractivity contribution in [3.05, 3.63) is 17.1 Å². The second kappa shape index (κ2) is 6.00. The first-order valence-corrected chi connectivity index (χ1v) is 7.65. The lowest BCUT2D eigenvalue weighted by atomic mass is 9.73. The monoisotopic (exact) mass is 291 g/mol. The Labute approximate surface area is 126 Å². The molecule has 21 heavy (non-hydrogen) atoms. The molecular weight excluding hydrogens is 266 g/mol. The van der Waals surface area contributed by atoms with Gasteiger partial charge in [-0.15, -0.1) is 0 Å². The van der Waals surface area contributed by atoms with Gasteiger partial charge in [-0.2, -0.15) is 0 Å². The van der Waals surface area contributed by atoms with Crippen LogP contribution in [-0.2, 0) is 4.74 Å². The van der Waals surface area contributed by atoms with E-state index >= 15 is 0 Å². The molecule has 1 heterocycles. The van der Waals surface area contributed by atoms with Crippen molar-refractivity contribution in [3.63, 3.8) is 0 Å². The molecule has 2 N–H and O–H groups in total. The fourth-order valence-electron chi connectivity index (χ4n) is 2.91. The van der Waals surface area contributed by atoms with Gasteiger partial charge in [-0.1, -0.05) is 13.8 Å². The smallest absolute Gasteiger partial charge is 0.343 e. The summed E-state index contributed by atoms with van der Waals surface area (Å²) in [6.07, 6.45) is 4.48. The number of carbonyl (C=O) groups excluding carboxylic acids is 1. The molecule has 0 bridgehead atoms. The standard InChI is InChI=1S/C16H25N3O2/c1-5-21-15(20)12-10(2)18-14(19-13(12)17)11-6-8-16(3,4)9-7-11/h11H,5-9H2,1-4H3,(H2,17,18,19). The molecule has 116 valence electrons. The molecule has 0 aliphatic heterocycles. The van der Waals surface area contributed by atoms with Crippen molar-refractivity contribution in [2.24, 2.45) is 5.41 Å². The van der Waals surface area contributed by atoms with Crippen LogP contribution in [0.5, 0.6) is 0 Å². The van der Waals surface area contributed by atoms with E-state index in [1.54, 1.807) is 13.8 Å². The van der Waals surface area contributed by atoms with Crippen molar-refractivity contribution in [1.82, 2.24) is 9.97 Å². The maximum Gasteiger partial charge on any atom is 0.343 e. The molecule has 1 aromatic heterocycles. The second-order valence-electron chi connectivity index (χ2n) is 6.59. The third kappa shape index (κ3) is 3.52. The molecule has 0 aromatic carbocycles. The molecule has 0 spiro atoms. The molecule has 0 amide bonds. The molecule has 1 aliphatic carbocycles. The van der Waals surface area contributed by atoms with E-state index in [0.717, 1.165) is 18.7 Å².